The molecule has 1 aromatic heterocycles. The van der Waals surface area contributed by atoms with Gasteiger partial charge in [0.2, 0.25) is 0 Å². The summed E-state index contributed by atoms with van der Waals surface area (Å²) in [6.07, 6.45) is 6.25. The Morgan fingerprint density at radius 2 is 1.75 bits per heavy atom. The Morgan fingerprint density at radius 3 is 2.43 bits per heavy atom. The molecule has 2 fully saturated rings. The van der Waals surface area contributed by atoms with Crippen molar-refractivity contribution in [3.8, 4) is 11.3 Å². The number of carboxylic acids is 1. The minimum absolute atomic E-state index is 0.126. The van der Waals surface area contributed by atoms with E-state index in [-0.39, 0.29) is 41.0 Å². The maximum absolute atomic E-state index is 12.6. The topological polar surface area (TPSA) is 100 Å². The van der Waals surface area contributed by atoms with Gasteiger partial charge in [0.15, 0.2) is 0 Å². The lowest BCUT2D eigenvalue weighted by Gasteiger charge is -2.13. The molecule has 2 bridgehead atoms. The highest BCUT2D eigenvalue weighted by molar-refractivity contribution is 6.06. The smallest absolute Gasteiger partial charge is 0.336 e. The fourth-order valence-corrected chi connectivity index (χ4v) is 4.57. The normalized spacial score (nSPS) is 27.9. The summed E-state index contributed by atoms with van der Waals surface area (Å²) in [4.78, 5) is 36.6. The number of fused-ring (bicyclic) bond motifs is 5. The Balaban J connectivity index is 1.39. The number of aromatic carboxylic acids is 1. The molecule has 1 saturated heterocycles. The van der Waals surface area contributed by atoms with E-state index in [1.165, 1.54) is 12.3 Å². The van der Waals surface area contributed by atoms with Crippen molar-refractivity contribution in [3.05, 3.63) is 59.9 Å². The molecule has 2 aliphatic carbocycles. The lowest BCUT2D eigenvalue weighted by atomic mass is 9.85. The summed E-state index contributed by atoms with van der Waals surface area (Å²) in [5.74, 6) is -1.19. The lowest BCUT2D eigenvalue weighted by molar-refractivity contribution is -0.140. The highest BCUT2D eigenvalue weighted by atomic mass is 16.4. The molecule has 140 valence electrons. The van der Waals surface area contributed by atoms with Gasteiger partial charge in [0.05, 0.1) is 23.6 Å². The number of imide groups is 1. The summed E-state index contributed by atoms with van der Waals surface area (Å²) in [6.45, 7) is 0. The first kappa shape index (κ1) is 16.7. The van der Waals surface area contributed by atoms with Gasteiger partial charge in [-0.3, -0.25) is 9.59 Å². The molecule has 4 unspecified atom stereocenters. The molecule has 5 rings (SSSR count). The van der Waals surface area contributed by atoms with Gasteiger partial charge in [-0.05, 0) is 36.5 Å². The van der Waals surface area contributed by atoms with Crippen molar-refractivity contribution >= 4 is 24.0 Å². The second-order valence-corrected chi connectivity index (χ2v) is 7.29. The number of nitrogens with zero attached hydrogens (tertiary/aromatic N) is 2. The third kappa shape index (κ3) is 2.36. The molecule has 2 heterocycles. The summed E-state index contributed by atoms with van der Waals surface area (Å²) in [6, 6.07) is 9.77. The van der Waals surface area contributed by atoms with Crippen LogP contribution in [0.5, 0.6) is 0 Å². The van der Waals surface area contributed by atoms with Crippen LogP contribution >= 0.6 is 0 Å². The van der Waals surface area contributed by atoms with Crippen LogP contribution in [0, 0.1) is 23.7 Å². The highest BCUT2D eigenvalue weighted by Gasteiger charge is 2.59. The zero-order chi connectivity index (χ0) is 19.4. The van der Waals surface area contributed by atoms with E-state index in [1.54, 1.807) is 30.3 Å². The Hall–Kier alpha value is -3.48. The zero-order valence-corrected chi connectivity index (χ0v) is 14.7. The average Bonchev–Trinajstić information content (AvgIpc) is 3.46. The molecule has 1 aromatic carbocycles. The number of benzene rings is 1. The first-order chi connectivity index (χ1) is 13.5. The van der Waals surface area contributed by atoms with Crippen molar-refractivity contribution in [2.75, 3.05) is 0 Å². The SMILES string of the molecule is O=C(O)c1ccccc1-c1ccc(C=NN2C(=O)C3C4C=CC(C4)C3C2=O)o1. The summed E-state index contributed by atoms with van der Waals surface area (Å²) < 4.78 is 5.67. The number of hydrazone groups is 1. The maximum atomic E-state index is 12.6. The van der Waals surface area contributed by atoms with Crippen LogP contribution in [0.3, 0.4) is 0 Å². The van der Waals surface area contributed by atoms with Crippen molar-refractivity contribution in [3.63, 3.8) is 0 Å². The maximum Gasteiger partial charge on any atom is 0.336 e. The molecule has 28 heavy (non-hydrogen) atoms. The van der Waals surface area contributed by atoms with Gasteiger partial charge in [0, 0.05) is 5.56 Å². The minimum atomic E-state index is -1.05. The van der Waals surface area contributed by atoms with Gasteiger partial charge in [0.25, 0.3) is 11.8 Å². The standard InChI is InChI=1S/C21H16N2O5/c24-19-17-11-5-6-12(9-11)18(17)20(25)23(19)22-10-13-7-8-16(28-13)14-3-1-2-4-15(14)21(26)27/h1-8,10-12,17-18H,9H2,(H,26,27). The molecular formula is C21H16N2O5. The summed E-state index contributed by atoms with van der Waals surface area (Å²) >= 11 is 0. The predicted molar refractivity (Wildman–Crippen MR) is 98.3 cm³/mol. The number of furan rings is 1. The monoisotopic (exact) mass is 376 g/mol. The fourth-order valence-electron chi connectivity index (χ4n) is 4.57. The average molecular weight is 376 g/mol. The van der Waals surface area contributed by atoms with E-state index in [1.807, 2.05) is 12.2 Å². The quantitative estimate of drug-likeness (QED) is 0.502. The van der Waals surface area contributed by atoms with Gasteiger partial charge in [-0.15, -0.1) is 0 Å². The minimum Gasteiger partial charge on any atom is -0.478 e. The van der Waals surface area contributed by atoms with E-state index in [9.17, 15) is 19.5 Å². The van der Waals surface area contributed by atoms with E-state index >= 15 is 0 Å². The van der Waals surface area contributed by atoms with E-state index in [0.29, 0.717) is 17.1 Å². The lowest BCUT2D eigenvalue weighted by Crippen LogP contribution is -2.28. The van der Waals surface area contributed by atoms with Gasteiger partial charge >= 0.3 is 5.97 Å². The molecule has 2 amide bonds. The highest BCUT2D eigenvalue weighted by Crippen LogP contribution is 2.52. The Labute approximate surface area is 159 Å². The van der Waals surface area contributed by atoms with E-state index < -0.39 is 5.97 Å². The molecule has 1 aliphatic heterocycles. The van der Waals surface area contributed by atoms with Crippen LogP contribution in [-0.4, -0.2) is 34.1 Å². The predicted octanol–water partition coefficient (Wildman–Crippen LogP) is 2.79. The largest absolute Gasteiger partial charge is 0.478 e. The van der Waals surface area contributed by atoms with Crippen molar-refractivity contribution in [2.24, 2.45) is 28.8 Å². The number of carbonyl (C=O) groups is 3. The number of amides is 2. The van der Waals surface area contributed by atoms with Gasteiger partial charge in [-0.1, -0.05) is 30.4 Å². The zero-order valence-electron chi connectivity index (χ0n) is 14.7. The molecule has 1 saturated carbocycles. The summed E-state index contributed by atoms with van der Waals surface area (Å²) in [5, 5.41) is 14.3. The van der Waals surface area contributed by atoms with Crippen molar-refractivity contribution in [1.82, 2.24) is 5.01 Å². The Bertz CT molecular complexity index is 1040. The first-order valence-corrected chi connectivity index (χ1v) is 9.07. The number of hydrogen-bond acceptors (Lipinski definition) is 5. The Morgan fingerprint density at radius 1 is 1.07 bits per heavy atom. The fraction of sp³-hybridized carbons (Fsp3) is 0.238. The van der Waals surface area contributed by atoms with Crippen molar-refractivity contribution in [2.45, 2.75) is 6.42 Å². The second-order valence-electron chi connectivity index (χ2n) is 7.29. The van der Waals surface area contributed by atoms with Gasteiger partial charge in [-0.2, -0.15) is 10.1 Å². The molecular weight excluding hydrogens is 360 g/mol. The van der Waals surface area contributed by atoms with E-state index in [4.69, 9.17) is 4.42 Å². The third-order valence-corrected chi connectivity index (χ3v) is 5.80. The number of carbonyl (C=O) groups excluding carboxylic acids is 2. The number of rotatable bonds is 4. The van der Waals surface area contributed by atoms with Crippen LogP contribution in [0.25, 0.3) is 11.3 Å². The molecule has 0 spiro atoms. The number of carboxylic acid groups (broad SMARTS) is 1. The van der Waals surface area contributed by atoms with Crippen LogP contribution in [0.4, 0.5) is 0 Å². The van der Waals surface area contributed by atoms with Crippen LogP contribution in [0.15, 0.2) is 58.1 Å². The summed E-state index contributed by atoms with van der Waals surface area (Å²) in [5.41, 5.74) is 0.571. The van der Waals surface area contributed by atoms with Crippen LogP contribution in [0.2, 0.25) is 0 Å². The van der Waals surface area contributed by atoms with Gasteiger partial charge in [0.1, 0.15) is 11.5 Å². The van der Waals surface area contributed by atoms with Crippen molar-refractivity contribution < 1.29 is 23.9 Å². The molecule has 4 atom stereocenters. The first-order valence-electron chi connectivity index (χ1n) is 9.07. The van der Waals surface area contributed by atoms with E-state index in [2.05, 4.69) is 5.10 Å². The molecule has 1 N–H and O–H groups in total. The summed E-state index contributed by atoms with van der Waals surface area (Å²) in [7, 11) is 0. The van der Waals surface area contributed by atoms with Crippen LogP contribution in [0.1, 0.15) is 22.5 Å². The number of hydrogen-bond donors (Lipinski definition) is 1. The van der Waals surface area contributed by atoms with Crippen molar-refractivity contribution in [1.29, 1.82) is 0 Å². The molecule has 7 heteroatoms. The number of allylic oxidation sites excluding steroid dienone is 2. The van der Waals surface area contributed by atoms with E-state index in [0.717, 1.165) is 11.4 Å². The molecule has 2 aromatic rings. The van der Waals surface area contributed by atoms with Crippen LogP contribution < -0.4 is 0 Å². The molecule has 0 radical (unpaired) electrons. The molecule has 7 nitrogen and oxygen atoms in total. The third-order valence-electron chi connectivity index (χ3n) is 5.80. The van der Waals surface area contributed by atoms with Gasteiger partial charge < -0.3 is 9.52 Å². The van der Waals surface area contributed by atoms with Crippen LogP contribution in [-0.2, 0) is 9.59 Å². The Kier molecular flexibility index (Phi) is 3.58. The molecule has 3 aliphatic rings. The second kappa shape index (κ2) is 6.02. The van der Waals surface area contributed by atoms with Gasteiger partial charge in [-0.25, -0.2) is 4.79 Å².